The molecule has 0 radical (unpaired) electrons. The summed E-state index contributed by atoms with van der Waals surface area (Å²) in [5.74, 6) is -4.80. The first-order chi connectivity index (χ1) is 19.7. The summed E-state index contributed by atoms with van der Waals surface area (Å²) in [6.45, 7) is 1.87. The number of methoxy groups -OCH3 is 1. The summed E-state index contributed by atoms with van der Waals surface area (Å²) in [6, 6.07) is 14.4. The van der Waals surface area contributed by atoms with Crippen molar-refractivity contribution in [3.05, 3.63) is 94.1 Å². The highest BCUT2D eigenvalue weighted by Gasteiger charge is 2.58. The van der Waals surface area contributed by atoms with E-state index >= 15 is 0 Å². The number of phenols is 1. The van der Waals surface area contributed by atoms with Crippen LogP contribution in [0.2, 0.25) is 0 Å². The minimum atomic E-state index is -1.05. The first-order valence-electron chi connectivity index (χ1n) is 13.4. The fraction of sp³-hybridized carbons (Fsp3) is 0.281. The molecular weight excluding hydrogens is 526 g/mol. The molecule has 3 aliphatic carbocycles. The molecule has 208 valence electrons. The maximum Gasteiger partial charge on any atom is 0.423 e. The third-order valence-corrected chi connectivity index (χ3v) is 8.48. The van der Waals surface area contributed by atoms with E-state index in [2.05, 4.69) is 4.74 Å². The van der Waals surface area contributed by atoms with Gasteiger partial charge < -0.3 is 14.6 Å². The third-order valence-electron chi connectivity index (χ3n) is 8.48. The second kappa shape index (κ2) is 9.99. The maximum atomic E-state index is 13.5. The molecule has 6 rings (SSSR count). The summed E-state index contributed by atoms with van der Waals surface area (Å²) in [7, 11) is 1.10. The predicted molar refractivity (Wildman–Crippen MR) is 144 cm³/mol. The number of fused-ring (bicyclic) bond motifs is 3. The Morgan fingerprint density at radius 2 is 1.78 bits per heavy atom. The molecule has 0 saturated carbocycles. The van der Waals surface area contributed by atoms with Crippen molar-refractivity contribution < 1.29 is 38.6 Å². The van der Waals surface area contributed by atoms with E-state index in [1.165, 1.54) is 12.1 Å². The summed E-state index contributed by atoms with van der Waals surface area (Å²) in [6.07, 6.45) is 2.30. The van der Waals surface area contributed by atoms with Gasteiger partial charge in [0.05, 0.1) is 18.9 Å². The predicted octanol–water partition coefficient (Wildman–Crippen LogP) is 4.17. The van der Waals surface area contributed by atoms with Crippen LogP contribution in [0, 0.1) is 17.8 Å². The number of nitrogens with zero attached hydrogens (tertiary/aromatic N) is 1. The van der Waals surface area contributed by atoms with Crippen molar-refractivity contribution in [2.45, 2.75) is 32.3 Å². The fourth-order valence-electron chi connectivity index (χ4n) is 6.59. The summed E-state index contributed by atoms with van der Waals surface area (Å²) in [5.41, 5.74) is 2.82. The molecule has 4 atom stereocenters. The number of imide groups is 3. The van der Waals surface area contributed by atoms with Crippen molar-refractivity contribution >= 4 is 29.5 Å². The number of rotatable bonds is 4. The summed E-state index contributed by atoms with van der Waals surface area (Å²) < 4.78 is 10.5. The molecule has 0 aromatic heterocycles. The molecule has 0 spiro atoms. The molecule has 1 fully saturated rings. The first kappa shape index (κ1) is 26.4. The number of allylic oxidation sites excluding steroid dienone is 6. The number of hydrogen-bond acceptors (Lipinski definition) is 8. The van der Waals surface area contributed by atoms with E-state index in [4.69, 9.17) is 4.74 Å². The largest absolute Gasteiger partial charge is 0.507 e. The van der Waals surface area contributed by atoms with Crippen LogP contribution in [0.15, 0.2) is 83.0 Å². The van der Waals surface area contributed by atoms with E-state index in [0.29, 0.717) is 28.4 Å². The number of phenolic OH excluding ortho intramolecular Hbond substituents is 1. The van der Waals surface area contributed by atoms with Crippen molar-refractivity contribution in [2.75, 3.05) is 7.11 Å². The average molecular weight is 554 g/mol. The minimum Gasteiger partial charge on any atom is -0.507 e. The molecule has 9 nitrogen and oxygen atoms in total. The lowest BCUT2D eigenvalue weighted by atomic mass is 9.59. The Hall–Kier alpha value is -4.79. The molecule has 3 amide bonds. The number of likely N-dealkylation sites (tertiary alicyclic amines) is 1. The second-order valence-corrected chi connectivity index (χ2v) is 10.7. The van der Waals surface area contributed by atoms with Gasteiger partial charge in [-0.05, 0) is 43.4 Å². The van der Waals surface area contributed by atoms with Gasteiger partial charge in [0, 0.05) is 34.3 Å². The van der Waals surface area contributed by atoms with Gasteiger partial charge in [-0.2, -0.15) is 4.90 Å². The fourth-order valence-corrected chi connectivity index (χ4v) is 6.59. The molecule has 4 aliphatic rings. The topological polar surface area (TPSA) is 127 Å². The van der Waals surface area contributed by atoms with Crippen LogP contribution in [0.5, 0.6) is 11.5 Å². The van der Waals surface area contributed by atoms with E-state index in [9.17, 15) is 29.1 Å². The van der Waals surface area contributed by atoms with Gasteiger partial charge in [-0.3, -0.25) is 19.2 Å². The van der Waals surface area contributed by atoms with Crippen LogP contribution in [0.3, 0.4) is 0 Å². The molecule has 2 aromatic carbocycles. The van der Waals surface area contributed by atoms with E-state index in [1.54, 1.807) is 19.1 Å². The lowest BCUT2D eigenvalue weighted by Crippen LogP contribution is -2.40. The van der Waals surface area contributed by atoms with Crippen molar-refractivity contribution in [3.8, 4) is 11.5 Å². The molecule has 1 heterocycles. The average Bonchev–Trinajstić information content (AvgIpc) is 3.23. The molecule has 0 unspecified atom stereocenters. The SMILES string of the molecule is COC(=O)N1C(=O)[C@H]2[C@H](CC=C3[C@H](c4ccc(OCc5ccccc5)cc4O)C4=C(C[C@H]32)C(=O)C=C(C)C4=O)C1=O. The Balaban J connectivity index is 1.41. The highest BCUT2D eigenvalue weighted by molar-refractivity contribution is 6.24. The van der Waals surface area contributed by atoms with E-state index in [-0.39, 0.29) is 46.9 Å². The van der Waals surface area contributed by atoms with Gasteiger partial charge in [0.1, 0.15) is 18.1 Å². The van der Waals surface area contributed by atoms with E-state index in [0.717, 1.165) is 12.7 Å². The number of amides is 3. The Morgan fingerprint density at radius 1 is 1.02 bits per heavy atom. The van der Waals surface area contributed by atoms with Crippen LogP contribution in [0.25, 0.3) is 0 Å². The van der Waals surface area contributed by atoms with Crippen LogP contribution in [0.4, 0.5) is 4.79 Å². The van der Waals surface area contributed by atoms with Gasteiger partial charge in [-0.1, -0.05) is 48.0 Å². The molecule has 9 heteroatoms. The summed E-state index contributed by atoms with van der Waals surface area (Å²) in [4.78, 5) is 66.1. The maximum absolute atomic E-state index is 13.5. The van der Waals surface area contributed by atoms with Crippen molar-refractivity contribution in [3.63, 3.8) is 0 Å². The zero-order chi connectivity index (χ0) is 29.0. The molecule has 1 aliphatic heterocycles. The number of carbonyl (C=O) groups is 5. The number of Topliss-reactive ketones (excluding diaryl/α,β-unsaturated/α-hetero) is 1. The normalized spacial score (nSPS) is 25.3. The lowest BCUT2D eigenvalue weighted by Gasteiger charge is -2.42. The smallest absolute Gasteiger partial charge is 0.423 e. The standard InChI is InChI=1S/C32H27NO8/c1-16-12-24(34)23-14-22-19(10-11-21-27(22)31(38)33(30(21)37)32(39)40-2)26(28(23)29(16)36)20-9-8-18(13-25(20)35)41-15-17-6-4-3-5-7-17/h3-10,12-13,21-22,26-27,35H,11,14-15H2,1-2H3/t21-,22+,26+,27-/m0/s1. The van der Waals surface area contributed by atoms with Crippen molar-refractivity contribution in [2.24, 2.45) is 17.8 Å². The van der Waals surface area contributed by atoms with Gasteiger partial charge >= 0.3 is 6.09 Å². The Kier molecular flexibility index (Phi) is 6.44. The third kappa shape index (κ3) is 4.20. The first-order valence-corrected chi connectivity index (χ1v) is 13.4. The zero-order valence-corrected chi connectivity index (χ0v) is 22.5. The molecule has 1 saturated heterocycles. The Labute approximate surface area is 235 Å². The number of ether oxygens (including phenoxy) is 2. The number of benzene rings is 2. The summed E-state index contributed by atoms with van der Waals surface area (Å²) >= 11 is 0. The molecule has 0 bridgehead atoms. The number of hydrogen-bond donors (Lipinski definition) is 1. The van der Waals surface area contributed by atoms with Crippen LogP contribution >= 0.6 is 0 Å². The Bertz CT molecular complexity index is 1620. The quantitative estimate of drug-likeness (QED) is 0.340. The number of ketones is 2. The van der Waals surface area contributed by atoms with Crippen LogP contribution in [-0.2, 0) is 30.5 Å². The monoisotopic (exact) mass is 553 g/mol. The van der Waals surface area contributed by atoms with Crippen molar-refractivity contribution in [1.29, 1.82) is 0 Å². The van der Waals surface area contributed by atoms with Crippen molar-refractivity contribution in [1.82, 2.24) is 4.90 Å². The molecule has 1 N–H and O–H groups in total. The highest BCUT2D eigenvalue weighted by atomic mass is 16.5. The van der Waals surface area contributed by atoms with E-state index < -0.39 is 41.6 Å². The highest BCUT2D eigenvalue weighted by Crippen LogP contribution is 2.56. The summed E-state index contributed by atoms with van der Waals surface area (Å²) in [5, 5.41) is 11.2. The van der Waals surface area contributed by atoms with Crippen LogP contribution in [-0.4, -0.2) is 46.6 Å². The van der Waals surface area contributed by atoms with Gasteiger partial charge in [0.2, 0.25) is 11.8 Å². The minimum absolute atomic E-state index is 0.0697. The van der Waals surface area contributed by atoms with Crippen LogP contribution < -0.4 is 4.74 Å². The van der Waals surface area contributed by atoms with E-state index in [1.807, 2.05) is 36.4 Å². The van der Waals surface area contributed by atoms with Gasteiger partial charge in [-0.25, -0.2) is 4.79 Å². The van der Waals surface area contributed by atoms with Gasteiger partial charge in [-0.15, -0.1) is 0 Å². The second-order valence-electron chi connectivity index (χ2n) is 10.7. The van der Waals surface area contributed by atoms with Gasteiger partial charge in [0.15, 0.2) is 11.6 Å². The lowest BCUT2D eigenvalue weighted by molar-refractivity contribution is -0.137. The zero-order valence-electron chi connectivity index (χ0n) is 22.5. The molecule has 2 aromatic rings. The molecular formula is C32H27NO8. The van der Waals surface area contributed by atoms with Crippen LogP contribution in [0.1, 0.15) is 36.8 Å². The molecule has 41 heavy (non-hydrogen) atoms. The number of carbonyl (C=O) groups excluding carboxylic acids is 5. The van der Waals surface area contributed by atoms with Gasteiger partial charge in [0.25, 0.3) is 0 Å². The number of aromatic hydroxyl groups is 1. The Morgan fingerprint density at radius 3 is 2.49 bits per heavy atom.